The lowest BCUT2D eigenvalue weighted by Gasteiger charge is -2.14. The first-order chi connectivity index (χ1) is 8.97. The van der Waals surface area contributed by atoms with Crippen LogP contribution in [-0.2, 0) is 11.2 Å². The van der Waals surface area contributed by atoms with Crippen LogP contribution in [0.2, 0.25) is 0 Å². The quantitative estimate of drug-likeness (QED) is 0.771. The van der Waals surface area contributed by atoms with E-state index in [1.165, 1.54) is 18.4 Å². The lowest BCUT2D eigenvalue weighted by molar-refractivity contribution is 0.0649. The van der Waals surface area contributed by atoms with Crippen molar-refractivity contribution >= 4 is 11.9 Å². The van der Waals surface area contributed by atoms with Gasteiger partial charge in [-0.3, -0.25) is 0 Å². The molecule has 0 amide bonds. The maximum atomic E-state index is 11.2. The molecule has 0 saturated heterocycles. The highest BCUT2D eigenvalue weighted by atomic mass is 16.5. The zero-order valence-electron chi connectivity index (χ0n) is 10.8. The summed E-state index contributed by atoms with van der Waals surface area (Å²) in [6.07, 6.45) is 3.33. The molecule has 0 heterocycles. The van der Waals surface area contributed by atoms with Crippen LogP contribution in [0.4, 0.5) is 0 Å². The summed E-state index contributed by atoms with van der Waals surface area (Å²) in [5.74, 6) is -2.49. The molecule has 1 atom stereocenters. The van der Waals surface area contributed by atoms with Crippen molar-refractivity contribution in [1.29, 1.82) is 0 Å². The van der Waals surface area contributed by atoms with Crippen molar-refractivity contribution in [2.24, 2.45) is 0 Å². The molecule has 0 spiro atoms. The molecule has 0 aliphatic heterocycles. The molecule has 5 nitrogen and oxygen atoms in total. The third kappa shape index (κ3) is 3.84. The lowest BCUT2D eigenvalue weighted by atomic mass is 9.97. The number of carboxylic acid groups (broad SMARTS) is 2. The summed E-state index contributed by atoms with van der Waals surface area (Å²) in [5.41, 5.74) is 0.0681. The Morgan fingerprint density at radius 1 is 1.32 bits per heavy atom. The molecular weight excluding hydrogens is 248 g/mol. The van der Waals surface area contributed by atoms with Crippen LogP contribution in [0.1, 0.15) is 40.1 Å². The first-order valence-electron chi connectivity index (χ1n) is 5.82. The smallest absolute Gasteiger partial charge is 0.336 e. The number of carboxylic acids is 2. The first-order valence-corrected chi connectivity index (χ1v) is 5.82. The van der Waals surface area contributed by atoms with Gasteiger partial charge in [0, 0.05) is 6.42 Å². The van der Waals surface area contributed by atoms with Gasteiger partial charge >= 0.3 is 11.9 Å². The largest absolute Gasteiger partial charge is 0.498 e. The Kier molecular flexibility index (Phi) is 5.11. The molecule has 1 aromatic rings. The second kappa shape index (κ2) is 6.58. The van der Waals surface area contributed by atoms with Crippen LogP contribution in [0.3, 0.4) is 0 Å². The van der Waals surface area contributed by atoms with Gasteiger partial charge in [-0.1, -0.05) is 18.2 Å². The van der Waals surface area contributed by atoms with Crippen molar-refractivity contribution < 1.29 is 24.5 Å². The van der Waals surface area contributed by atoms with Gasteiger partial charge in [-0.25, -0.2) is 9.59 Å². The predicted molar refractivity (Wildman–Crippen MR) is 69.4 cm³/mol. The Morgan fingerprint density at radius 2 is 2.00 bits per heavy atom. The van der Waals surface area contributed by atoms with Gasteiger partial charge in [-0.15, -0.1) is 0 Å². The van der Waals surface area contributed by atoms with Crippen molar-refractivity contribution in [1.82, 2.24) is 0 Å². The Labute approximate surface area is 111 Å². The predicted octanol–water partition coefficient (Wildman–Crippen LogP) is 2.56. The highest BCUT2D eigenvalue weighted by Crippen LogP contribution is 2.18. The molecule has 1 aromatic carbocycles. The molecule has 0 aliphatic rings. The number of benzene rings is 1. The van der Waals surface area contributed by atoms with Crippen LogP contribution >= 0.6 is 0 Å². The van der Waals surface area contributed by atoms with Gasteiger partial charge in [0.15, 0.2) is 0 Å². The minimum atomic E-state index is -1.25. The Hall–Kier alpha value is -2.30. The van der Waals surface area contributed by atoms with Crippen molar-refractivity contribution in [3.63, 3.8) is 0 Å². The number of hydrogen-bond acceptors (Lipinski definition) is 3. The molecule has 19 heavy (non-hydrogen) atoms. The summed E-state index contributed by atoms with van der Waals surface area (Å²) in [4.78, 5) is 22.3. The molecule has 0 bridgehead atoms. The van der Waals surface area contributed by atoms with E-state index in [1.54, 1.807) is 26.0 Å². The summed E-state index contributed by atoms with van der Waals surface area (Å²) in [6, 6.07) is 4.42. The number of carbonyl (C=O) groups is 2. The minimum Gasteiger partial charge on any atom is -0.498 e. The molecule has 1 unspecified atom stereocenters. The Morgan fingerprint density at radius 3 is 2.53 bits per heavy atom. The van der Waals surface area contributed by atoms with Crippen LogP contribution in [0, 0.1) is 0 Å². The number of ether oxygens (including phenoxy) is 1. The first kappa shape index (κ1) is 14.8. The maximum Gasteiger partial charge on any atom is 0.336 e. The number of allylic oxidation sites excluding steroid dienone is 1. The third-order valence-corrected chi connectivity index (χ3v) is 2.55. The highest BCUT2D eigenvalue weighted by Gasteiger charge is 2.20. The number of aromatic carboxylic acids is 2. The van der Waals surface area contributed by atoms with Gasteiger partial charge in [0.05, 0.1) is 23.5 Å². The fourth-order valence-electron chi connectivity index (χ4n) is 1.77. The van der Waals surface area contributed by atoms with E-state index >= 15 is 0 Å². The Bertz CT molecular complexity index is 505. The molecule has 2 N–H and O–H groups in total. The van der Waals surface area contributed by atoms with E-state index in [-0.39, 0.29) is 17.2 Å². The molecular formula is C14H16O5. The van der Waals surface area contributed by atoms with Crippen LogP contribution in [0.5, 0.6) is 0 Å². The number of hydrogen-bond donors (Lipinski definition) is 2. The molecule has 0 aromatic heterocycles. The van der Waals surface area contributed by atoms with Gasteiger partial charge in [-0.2, -0.15) is 0 Å². The minimum absolute atomic E-state index is 0.175. The van der Waals surface area contributed by atoms with Crippen molar-refractivity contribution in [3.8, 4) is 0 Å². The van der Waals surface area contributed by atoms with Crippen molar-refractivity contribution in [2.45, 2.75) is 26.4 Å². The molecule has 102 valence electrons. The molecule has 0 aliphatic carbocycles. The van der Waals surface area contributed by atoms with Gasteiger partial charge in [0.25, 0.3) is 0 Å². The number of rotatable bonds is 6. The van der Waals surface area contributed by atoms with Crippen LogP contribution in [-0.4, -0.2) is 28.3 Å². The Balaban J connectivity index is 3.10. The van der Waals surface area contributed by atoms with E-state index in [2.05, 4.69) is 0 Å². The molecule has 0 radical (unpaired) electrons. The maximum absolute atomic E-state index is 11.2. The molecule has 0 saturated carbocycles. The SMILES string of the molecule is CC=COC(C)Cc1cccc(C(=O)O)c1C(=O)O. The van der Waals surface area contributed by atoms with E-state index in [0.29, 0.717) is 12.0 Å². The monoisotopic (exact) mass is 264 g/mol. The summed E-state index contributed by atoms with van der Waals surface area (Å²) in [6.45, 7) is 3.60. The van der Waals surface area contributed by atoms with Gasteiger partial charge in [-0.05, 0) is 25.5 Å². The molecule has 1 rings (SSSR count). The average molecular weight is 264 g/mol. The van der Waals surface area contributed by atoms with Crippen molar-refractivity contribution in [2.75, 3.05) is 0 Å². The second-order valence-corrected chi connectivity index (χ2v) is 4.07. The fourth-order valence-corrected chi connectivity index (χ4v) is 1.77. The topological polar surface area (TPSA) is 83.8 Å². The lowest BCUT2D eigenvalue weighted by Crippen LogP contribution is -2.16. The summed E-state index contributed by atoms with van der Waals surface area (Å²) in [7, 11) is 0. The van der Waals surface area contributed by atoms with Crippen LogP contribution in [0.25, 0.3) is 0 Å². The van der Waals surface area contributed by atoms with E-state index < -0.39 is 11.9 Å². The van der Waals surface area contributed by atoms with Crippen LogP contribution in [0.15, 0.2) is 30.5 Å². The van der Waals surface area contributed by atoms with Gasteiger partial charge < -0.3 is 14.9 Å². The van der Waals surface area contributed by atoms with Gasteiger partial charge in [0.1, 0.15) is 0 Å². The molecule has 5 heteroatoms. The highest BCUT2D eigenvalue weighted by molar-refractivity contribution is 6.02. The standard InChI is InChI=1S/C14H16O5/c1-3-7-19-9(2)8-10-5-4-6-11(13(15)16)12(10)14(17)18/h3-7,9H,8H2,1-2H3,(H,15,16)(H,17,18). The van der Waals surface area contributed by atoms with E-state index in [0.717, 1.165) is 0 Å². The van der Waals surface area contributed by atoms with Crippen molar-refractivity contribution in [3.05, 3.63) is 47.2 Å². The zero-order chi connectivity index (χ0) is 14.4. The summed E-state index contributed by atoms with van der Waals surface area (Å²) in [5, 5.41) is 18.2. The fraction of sp³-hybridized carbons (Fsp3) is 0.286. The second-order valence-electron chi connectivity index (χ2n) is 4.07. The third-order valence-electron chi connectivity index (χ3n) is 2.55. The van der Waals surface area contributed by atoms with Gasteiger partial charge in [0.2, 0.25) is 0 Å². The zero-order valence-corrected chi connectivity index (χ0v) is 10.8. The van der Waals surface area contributed by atoms with E-state index in [9.17, 15) is 9.59 Å². The average Bonchev–Trinajstić information content (AvgIpc) is 2.35. The van der Waals surface area contributed by atoms with Crippen LogP contribution < -0.4 is 0 Å². The summed E-state index contributed by atoms with van der Waals surface area (Å²) >= 11 is 0. The normalized spacial score (nSPS) is 12.3. The van der Waals surface area contributed by atoms with E-state index in [4.69, 9.17) is 14.9 Å². The van der Waals surface area contributed by atoms with E-state index in [1.807, 2.05) is 0 Å². The molecule has 0 fully saturated rings. The summed E-state index contributed by atoms with van der Waals surface area (Å²) < 4.78 is 5.31.